The van der Waals surface area contributed by atoms with Gasteiger partial charge in [-0.3, -0.25) is 24.6 Å². The molecule has 1 saturated carbocycles. The van der Waals surface area contributed by atoms with Crippen molar-refractivity contribution in [2.75, 3.05) is 17.3 Å². The second-order valence-electron chi connectivity index (χ2n) is 7.79. The van der Waals surface area contributed by atoms with Crippen LogP contribution in [-0.2, 0) is 20.8 Å². The second-order valence-corrected chi connectivity index (χ2v) is 9.84. The molecule has 0 radical (unpaired) electrons. The molecule has 1 aromatic heterocycles. The minimum Gasteiger partial charge on any atom is -0.299 e. The van der Waals surface area contributed by atoms with Crippen LogP contribution in [0.1, 0.15) is 63.3 Å². The summed E-state index contributed by atoms with van der Waals surface area (Å²) in [6, 6.07) is -0.777. The van der Waals surface area contributed by atoms with E-state index in [1.54, 1.807) is 11.8 Å². The van der Waals surface area contributed by atoms with Crippen LogP contribution in [0.3, 0.4) is 0 Å². The number of hydrogen-bond acceptors (Lipinski definition) is 7. The molecule has 3 rings (SSSR count). The highest BCUT2D eigenvalue weighted by atomic mass is 32.2. The minimum absolute atomic E-state index is 0.168. The highest BCUT2D eigenvalue weighted by molar-refractivity contribution is 7.98. The summed E-state index contributed by atoms with van der Waals surface area (Å²) in [4.78, 5) is 40.2. The number of likely N-dealkylation sites (tertiary alicyclic amines) is 1. The first-order valence-electron chi connectivity index (χ1n) is 10.6. The van der Waals surface area contributed by atoms with Gasteiger partial charge in [0.25, 0.3) is 0 Å². The van der Waals surface area contributed by atoms with Crippen LogP contribution in [0.25, 0.3) is 0 Å². The van der Waals surface area contributed by atoms with Gasteiger partial charge in [0.2, 0.25) is 22.9 Å². The lowest BCUT2D eigenvalue weighted by atomic mass is 9.81. The van der Waals surface area contributed by atoms with Crippen LogP contribution >= 0.6 is 23.1 Å². The van der Waals surface area contributed by atoms with E-state index in [2.05, 4.69) is 22.4 Å². The van der Waals surface area contributed by atoms with Crippen LogP contribution in [0.15, 0.2) is 0 Å². The molecule has 1 N–H and O–H groups in total. The van der Waals surface area contributed by atoms with E-state index in [0.29, 0.717) is 17.3 Å². The number of carbonyl (C=O) groups excluding carboxylic acids is 3. The van der Waals surface area contributed by atoms with Gasteiger partial charge < -0.3 is 0 Å². The van der Waals surface area contributed by atoms with Crippen molar-refractivity contribution in [2.45, 2.75) is 70.8 Å². The average molecular weight is 439 g/mol. The fourth-order valence-electron chi connectivity index (χ4n) is 4.22. The zero-order valence-electron chi connectivity index (χ0n) is 17.2. The number of aryl methyl sites for hydroxylation is 1. The Bertz CT molecular complexity index is 715. The lowest BCUT2D eigenvalue weighted by Gasteiger charge is -2.25. The molecule has 0 bridgehead atoms. The van der Waals surface area contributed by atoms with Gasteiger partial charge in [0, 0.05) is 6.42 Å². The lowest BCUT2D eigenvalue weighted by Crippen LogP contribution is -2.48. The third-order valence-electron chi connectivity index (χ3n) is 5.78. The van der Waals surface area contributed by atoms with E-state index in [0.717, 1.165) is 56.4 Å². The van der Waals surface area contributed by atoms with Crippen molar-refractivity contribution >= 4 is 46.0 Å². The smallest absolute Gasteiger partial charge is 0.249 e. The number of nitrogens with zero attached hydrogens (tertiary/aromatic N) is 3. The lowest BCUT2D eigenvalue weighted by molar-refractivity contribution is -0.146. The predicted molar refractivity (Wildman–Crippen MR) is 116 cm³/mol. The molecular weight excluding hydrogens is 408 g/mol. The molecule has 1 aliphatic heterocycles. The summed E-state index contributed by atoms with van der Waals surface area (Å²) in [5.41, 5.74) is 0. The van der Waals surface area contributed by atoms with Gasteiger partial charge in [0.15, 0.2) is 0 Å². The maximum absolute atomic E-state index is 13.0. The number of nitrogens with one attached hydrogen (secondary N) is 1. The number of aromatic nitrogens is 2. The molecule has 2 fully saturated rings. The molecule has 9 heteroatoms. The molecule has 1 saturated heterocycles. The monoisotopic (exact) mass is 438 g/mol. The number of imide groups is 1. The van der Waals surface area contributed by atoms with Crippen molar-refractivity contribution in [2.24, 2.45) is 11.8 Å². The van der Waals surface area contributed by atoms with Gasteiger partial charge in [-0.05, 0) is 37.7 Å². The molecule has 3 atom stereocenters. The number of hydrogen-bond donors (Lipinski definition) is 1. The topological polar surface area (TPSA) is 92.3 Å². The molecule has 29 heavy (non-hydrogen) atoms. The van der Waals surface area contributed by atoms with E-state index >= 15 is 0 Å². The molecule has 160 valence electrons. The number of unbranched alkanes of at least 4 members (excludes halogenated alkanes) is 2. The Morgan fingerprint density at radius 1 is 1.21 bits per heavy atom. The first-order valence-corrected chi connectivity index (χ1v) is 12.8. The Balaban J connectivity index is 1.70. The van der Waals surface area contributed by atoms with Crippen molar-refractivity contribution < 1.29 is 14.4 Å². The van der Waals surface area contributed by atoms with Gasteiger partial charge in [-0.1, -0.05) is 43.9 Å². The summed E-state index contributed by atoms with van der Waals surface area (Å²) >= 11 is 2.97. The molecule has 1 aromatic rings. The van der Waals surface area contributed by atoms with E-state index < -0.39 is 6.04 Å². The summed E-state index contributed by atoms with van der Waals surface area (Å²) in [6.07, 6.45) is 10.0. The van der Waals surface area contributed by atoms with Crippen LogP contribution in [0.2, 0.25) is 0 Å². The summed E-state index contributed by atoms with van der Waals surface area (Å²) in [5.74, 6) is -0.462. The summed E-state index contributed by atoms with van der Waals surface area (Å²) in [6.45, 7) is 2.15. The molecule has 7 nitrogen and oxygen atoms in total. The summed E-state index contributed by atoms with van der Waals surface area (Å²) in [7, 11) is 0. The van der Waals surface area contributed by atoms with Crippen molar-refractivity contribution in [1.82, 2.24) is 15.1 Å². The number of fused-ring (bicyclic) bond motifs is 1. The quantitative estimate of drug-likeness (QED) is 0.444. The van der Waals surface area contributed by atoms with Crippen LogP contribution in [-0.4, -0.2) is 50.9 Å². The maximum Gasteiger partial charge on any atom is 0.249 e. The average Bonchev–Trinajstić information content (AvgIpc) is 3.26. The van der Waals surface area contributed by atoms with Crippen LogP contribution in [0.5, 0.6) is 0 Å². The van der Waals surface area contributed by atoms with Crippen molar-refractivity contribution in [3.8, 4) is 0 Å². The number of thioether (sulfide) groups is 1. The van der Waals surface area contributed by atoms with E-state index in [4.69, 9.17) is 0 Å². The normalized spacial score (nSPS) is 22.6. The Labute approximate surface area is 180 Å². The van der Waals surface area contributed by atoms with Crippen molar-refractivity contribution in [3.05, 3.63) is 5.01 Å². The van der Waals surface area contributed by atoms with Gasteiger partial charge in [-0.25, -0.2) is 0 Å². The Morgan fingerprint density at radius 3 is 2.52 bits per heavy atom. The van der Waals surface area contributed by atoms with Crippen LogP contribution < -0.4 is 5.32 Å². The van der Waals surface area contributed by atoms with Gasteiger partial charge in [-0.2, -0.15) is 11.8 Å². The maximum atomic E-state index is 13.0. The number of carbonyl (C=O) groups is 3. The number of amides is 3. The summed E-state index contributed by atoms with van der Waals surface area (Å²) in [5, 5.41) is 12.4. The highest BCUT2D eigenvalue weighted by Crippen LogP contribution is 2.39. The molecule has 3 unspecified atom stereocenters. The molecule has 0 spiro atoms. The largest absolute Gasteiger partial charge is 0.299 e. The molecule has 1 aliphatic carbocycles. The van der Waals surface area contributed by atoms with Crippen molar-refractivity contribution in [1.29, 1.82) is 0 Å². The Kier molecular flexibility index (Phi) is 8.06. The second kappa shape index (κ2) is 10.5. The Morgan fingerprint density at radius 2 is 1.90 bits per heavy atom. The molecule has 0 aromatic carbocycles. The highest BCUT2D eigenvalue weighted by Gasteiger charge is 2.51. The van der Waals surface area contributed by atoms with E-state index in [1.165, 1.54) is 16.2 Å². The first kappa shape index (κ1) is 22.2. The number of anilines is 1. The van der Waals surface area contributed by atoms with Gasteiger partial charge in [0.1, 0.15) is 11.0 Å². The van der Waals surface area contributed by atoms with Gasteiger partial charge in [-0.15, -0.1) is 10.2 Å². The third kappa shape index (κ3) is 5.17. The number of rotatable bonds is 10. The molecule has 2 heterocycles. The van der Waals surface area contributed by atoms with Crippen molar-refractivity contribution in [3.63, 3.8) is 0 Å². The first-order chi connectivity index (χ1) is 14.1. The zero-order chi connectivity index (χ0) is 20.8. The predicted octanol–water partition coefficient (Wildman–Crippen LogP) is 3.51. The van der Waals surface area contributed by atoms with E-state index in [9.17, 15) is 14.4 Å². The summed E-state index contributed by atoms with van der Waals surface area (Å²) < 4.78 is 0. The van der Waals surface area contributed by atoms with E-state index in [1.807, 2.05) is 6.26 Å². The minimum atomic E-state index is -0.777. The Hall–Kier alpha value is -1.48. The van der Waals surface area contributed by atoms with Gasteiger partial charge >= 0.3 is 0 Å². The fourth-order valence-corrected chi connectivity index (χ4v) is 5.47. The van der Waals surface area contributed by atoms with Crippen LogP contribution in [0.4, 0.5) is 5.13 Å². The van der Waals surface area contributed by atoms with Gasteiger partial charge in [0.05, 0.1) is 11.8 Å². The zero-order valence-corrected chi connectivity index (χ0v) is 18.8. The standard InChI is InChI=1S/C20H30N4O3S2/c1-3-4-5-10-16-22-23-20(29-16)21-17(25)15(11-12-28-2)24-18(26)13-8-6-7-9-14(13)19(24)27/h13-15H,3-12H2,1-2H3,(H,21,23,25). The molecule has 3 amide bonds. The molecule has 2 aliphatic rings. The fraction of sp³-hybridized carbons (Fsp3) is 0.750. The molecular formula is C20H30N4O3S2. The SMILES string of the molecule is CCCCCc1nnc(NC(=O)C(CCSC)N2C(=O)C3CCCCC3C2=O)s1. The van der Waals surface area contributed by atoms with Crippen LogP contribution in [0, 0.1) is 11.8 Å². The third-order valence-corrected chi connectivity index (χ3v) is 7.32. The van der Waals surface area contributed by atoms with E-state index in [-0.39, 0.29) is 29.6 Å².